The number of halogens is 3. The maximum absolute atomic E-state index is 13.1. The highest BCUT2D eigenvalue weighted by atomic mass is 35.5. The number of rotatable bonds is 3. The van der Waals surface area contributed by atoms with Crippen LogP contribution >= 0.6 is 23.2 Å². The first-order valence-electron chi connectivity index (χ1n) is 5.50. The molecule has 4 nitrogen and oxygen atoms in total. The number of pyridine rings is 1. The van der Waals surface area contributed by atoms with Gasteiger partial charge in [-0.3, -0.25) is 4.79 Å². The Balaban J connectivity index is 2.18. The average molecular weight is 292 g/mol. The van der Waals surface area contributed by atoms with Gasteiger partial charge in [0.25, 0.3) is 0 Å². The van der Waals surface area contributed by atoms with Crippen molar-refractivity contribution in [2.24, 2.45) is 0 Å². The first-order chi connectivity index (χ1) is 8.60. The van der Waals surface area contributed by atoms with E-state index in [9.17, 15) is 9.18 Å². The lowest BCUT2D eigenvalue weighted by Crippen LogP contribution is -2.21. The van der Waals surface area contributed by atoms with Gasteiger partial charge in [0.2, 0.25) is 5.91 Å². The minimum Gasteiger partial charge on any atom is -0.354 e. The summed E-state index contributed by atoms with van der Waals surface area (Å²) in [5, 5.41) is 2.90. The molecule has 0 bridgehead atoms. The predicted molar refractivity (Wildman–Crippen MR) is 70.3 cm³/mol. The van der Waals surface area contributed by atoms with Gasteiger partial charge in [-0.05, 0) is 6.42 Å². The zero-order valence-corrected chi connectivity index (χ0v) is 11.0. The summed E-state index contributed by atoms with van der Waals surface area (Å²) in [4.78, 5) is 17.2. The Morgan fingerprint density at radius 2 is 2.44 bits per heavy atom. The molecule has 0 aliphatic carbocycles. The van der Waals surface area contributed by atoms with E-state index >= 15 is 0 Å². The van der Waals surface area contributed by atoms with E-state index in [1.807, 2.05) is 4.90 Å². The van der Waals surface area contributed by atoms with Gasteiger partial charge < -0.3 is 10.2 Å². The minimum atomic E-state index is -0.830. The van der Waals surface area contributed by atoms with Crippen LogP contribution in [0.5, 0.6) is 0 Å². The van der Waals surface area contributed by atoms with Gasteiger partial charge in [-0.1, -0.05) is 11.6 Å². The largest absolute Gasteiger partial charge is 0.354 e. The first-order valence-corrected chi connectivity index (χ1v) is 6.42. The smallest absolute Gasteiger partial charge is 0.239 e. The van der Waals surface area contributed by atoms with E-state index in [1.165, 1.54) is 6.20 Å². The Morgan fingerprint density at radius 3 is 3.06 bits per heavy atom. The molecule has 1 saturated heterocycles. The number of alkyl halides is 2. The van der Waals surface area contributed by atoms with E-state index in [0.29, 0.717) is 36.0 Å². The van der Waals surface area contributed by atoms with Crippen molar-refractivity contribution in [2.75, 3.05) is 29.2 Å². The highest BCUT2D eigenvalue weighted by molar-refractivity contribution is 6.34. The number of carbonyl (C=O) groups excluding carboxylic acids is 1. The Labute approximate surface area is 114 Å². The van der Waals surface area contributed by atoms with Crippen molar-refractivity contribution in [3.8, 4) is 0 Å². The number of nitrogens with one attached hydrogen (secondary N) is 1. The van der Waals surface area contributed by atoms with Crippen LogP contribution in [0.25, 0.3) is 0 Å². The fourth-order valence-corrected chi connectivity index (χ4v) is 2.02. The van der Waals surface area contributed by atoms with Crippen LogP contribution in [0.3, 0.4) is 0 Å². The molecule has 98 valence electrons. The fraction of sp³-hybridized carbons (Fsp3) is 0.455. The van der Waals surface area contributed by atoms with Crippen LogP contribution < -0.4 is 10.2 Å². The number of nitrogens with zero attached hydrogens (tertiary/aromatic N) is 2. The maximum atomic E-state index is 13.1. The fourth-order valence-electron chi connectivity index (χ4n) is 1.81. The molecule has 7 heteroatoms. The van der Waals surface area contributed by atoms with Crippen LogP contribution in [0.2, 0.25) is 5.02 Å². The van der Waals surface area contributed by atoms with Gasteiger partial charge in [-0.25, -0.2) is 9.37 Å². The number of aromatic nitrogens is 1. The highest BCUT2D eigenvalue weighted by Crippen LogP contribution is 2.27. The molecule has 1 amide bonds. The summed E-state index contributed by atoms with van der Waals surface area (Å²) < 4.78 is 13.1. The average Bonchev–Trinajstić information content (AvgIpc) is 2.78. The number of amides is 1. The lowest BCUT2D eigenvalue weighted by molar-refractivity contribution is -0.113. The zero-order valence-electron chi connectivity index (χ0n) is 9.50. The van der Waals surface area contributed by atoms with Crippen LogP contribution in [-0.4, -0.2) is 36.0 Å². The topological polar surface area (TPSA) is 45.2 Å². The summed E-state index contributed by atoms with van der Waals surface area (Å²) in [6.07, 6.45) is 1.10. The molecule has 2 rings (SSSR count). The summed E-state index contributed by atoms with van der Waals surface area (Å²) in [5.74, 6) is 0.106. The Bertz CT molecular complexity index is 458. The third-order valence-electron chi connectivity index (χ3n) is 2.69. The Morgan fingerprint density at radius 1 is 1.67 bits per heavy atom. The van der Waals surface area contributed by atoms with Gasteiger partial charge in [-0.15, -0.1) is 11.6 Å². The number of anilines is 2. The van der Waals surface area contributed by atoms with Gasteiger partial charge in [0, 0.05) is 12.6 Å². The monoisotopic (exact) mass is 291 g/mol. The van der Waals surface area contributed by atoms with Crippen molar-refractivity contribution in [2.45, 2.75) is 12.6 Å². The van der Waals surface area contributed by atoms with Gasteiger partial charge in [0.05, 0.1) is 23.5 Å². The molecule has 1 N–H and O–H groups in total. The first kappa shape index (κ1) is 13.4. The minimum absolute atomic E-state index is 0.149. The number of carbonyl (C=O) groups is 1. The molecule has 1 aromatic rings. The third-order valence-corrected chi connectivity index (χ3v) is 3.24. The lowest BCUT2D eigenvalue weighted by Gasteiger charge is -2.17. The summed E-state index contributed by atoms with van der Waals surface area (Å²) in [7, 11) is 0. The molecule has 0 unspecified atom stereocenters. The molecule has 0 saturated carbocycles. The van der Waals surface area contributed by atoms with E-state index in [4.69, 9.17) is 23.2 Å². The second-order valence-corrected chi connectivity index (χ2v) is 4.71. The molecule has 0 radical (unpaired) electrons. The lowest BCUT2D eigenvalue weighted by atomic mass is 10.3. The quantitative estimate of drug-likeness (QED) is 0.870. The predicted octanol–water partition coefficient (Wildman–Crippen LogP) is 2.46. The number of hydrogen-bond donors (Lipinski definition) is 1. The number of hydrogen-bond acceptors (Lipinski definition) is 3. The molecule has 2 heterocycles. The Kier molecular flexibility index (Phi) is 4.24. The normalized spacial score (nSPS) is 19.1. The van der Waals surface area contributed by atoms with E-state index in [-0.39, 0.29) is 11.8 Å². The molecule has 1 aliphatic rings. The molecule has 0 aromatic carbocycles. The van der Waals surface area contributed by atoms with Crippen molar-refractivity contribution in [1.29, 1.82) is 0 Å². The van der Waals surface area contributed by atoms with Crippen LogP contribution in [0.1, 0.15) is 6.42 Å². The van der Waals surface area contributed by atoms with Gasteiger partial charge in [0.1, 0.15) is 17.9 Å². The summed E-state index contributed by atoms with van der Waals surface area (Å²) >= 11 is 11.3. The van der Waals surface area contributed by atoms with Crippen molar-refractivity contribution in [1.82, 2.24) is 4.98 Å². The van der Waals surface area contributed by atoms with Crippen LogP contribution in [0.15, 0.2) is 12.3 Å². The second-order valence-electron chi connectivity index (χ2n) is 4.04. The summed E-state index contributed by atoms with van der Waals surface area (Å²) in [6, 6.07) is 1.63. The van der Waals surface area contributed by atoms with Crippen molar-refractivity contribution in [3.05, 3.63) is 17.3 Å². The van der Waals surface area contributed by atoms with Crippen molar-refractivity contribution < 1.29 is 9.18 Å². The maximum Gasteiger partial charge on any atom is 0.239 e. The molecule has 1 atom stereocenters. The summed E-state index contributed by atoms with van der Waals surface area (Å²) in [5.41, 5.74) is 0.439. The highest BCUT2D eigenvalue weighted by Gasteiger charge is 2.23. The van der Waals surface area contributed by atoms with E-state index < -0.39 is 6.17 Å². The Hall–Kier alpha value is -1.07. The van der Waals surface area contributed by atoms with Gasteiger partial charge >= 0.3 is 0 Å². The molecular formula is C11H12Cl2FN3O. The van der Waals surface area contributed by atoms with E-state index in [0.717, 1.165) is 0 Å². The third kappa shape index (κ3) is 3.03. The van der Waals surface area contributed by atoms with Crippen molar-refractivity contribution in [3.63, 3.8) is 0 Å². The van der Waals surface area contributed by atoms with E-state index in [2.05, 4.69) is 10.3 Å². The van der Waals surface area contributed by atoms with Crippen LogP contribution in [-0.2, 0) is 4.79 Å². The van der Waals surface area contributed by atoms with Gasteiger partial charge in [-0.2, -0.15) is 0 Å². The SMILES string of the molecule is O=C(CCl)Nc1cc(N2CC[C@@H](F)C2)ncc1Cl. The van der Waals surface area contributed by atoms with E-state index in [1.54, 1.807) is 6.07 Å². The summed E-state index contributed by atoms with van der Waals surface area (Å²) in [6.45, 7) is 0.927. The van der Waals surface area contributed by atoms with Crippen molar-refractivity contribution >= 4 is 40.6 Å². The van der Waals surface area contributed by atoms with Crippen LogP contribution in [0, 0.1) is 0 Å². The molecule has 1 aromatic heterocycles. The van der Waals surface area contributed by atoms with Crippen LogP contribution in [0.4, 0.5) is 15.9 Å². The standard InChI is InChI=1S/C11H12Cl2FN3O/c12-4-11(18)16-9-3-10(15-5-8(9)13)17-2-1-7(14)6-17/h3,5,7H,1-2,4,6H2,(H,15,16,18)/t7-/m1/s1. The molecule has 18 heavy (non-hydrogen) atoms. The van der Waals surface area contributed by atoms with Gasteiger partial charge in [0.15, 0.2) is 0 Å². The molecule has 1 aliphatic heterocycles. The molecule has 0 spiro atoms. The second kappa shape index (κ2) is 5.71. The molecule has 1 fully saturated rings. The zero-order chi connectivity index (χ0) is 13.1. The molecular weight excluding hydrogens is 280 g/mol.